The lowest BCUT2D eigenvalue weighted by atomic mass is 9.81. The van der Waals surface area contributed by atoms with Crippen LogP contribution in [0.5, 0.6) is 0 Å². The lowest BCUT2D eigenvalue weighted by Crippen LogP contribution is -2.10. The standard InChI is InChI=1S/C12H16N4/c13-5-4-10-7-15-16-8-11(6-14-12(10)16)9-2-1-3-9/h6-9H,1-5,13H2. The molecule has 0 atom stereocenters. The van der Waals surface area contributed by atoms with Crippen LogP contribution in [0.25, 0.3) is 5.65 Å². The Morgan fingerprint density at radius 3 is 2.94 bits per heavy atom. The first-order valence-corrected chi connectivity index (χ1v) is 5.90. The van der Waals surface area contributed by atoms with E-state index in [9.17, 15) is 0 Å². The minimum Gasteiger partial charge on any atom is -0.330 e. The summed E-state index contributed by atoms with van der Waals surface area (Å²) in [6.07, 6.45) is 10.8. The van der Waals surface area contributed by atoms with E-state index in [1.807, 2.05) is 16.9 Å². The van der Waals surface area contributed by atoms with Crippen molar-refractivity contribution in [3.8, 4) is 0 Å². The van der Waals surface area contributed by atoms with Gasteiger partial charge < -0.3 is 5.73 Å². The fourth-order valence-corrected chi connectivity index (χ4v) is 2.22. The fourth-order valence-electron chi connectivity index (χ4n) is 2.22. The second-order valence-corrected chi connectivity index (χ2v) is 4.49. The van der Waals surface area contributed by atoms with Crippen molar-refractivity contribution in [1.29, 1.82) is 0 Å². The summed E-state index contributed by atoms with van der Waals surface area (Å²) >= 11 is 0. The van der Waals surface area contributed by atoms with E-state index in [4.69, 9.17) is 5.73 Å². The molecule has 4 nitrogen and oxygen atoms in total. The Bertz CT molecular complexity index is 499. The average Bonchev–Trinajstić information content (AvgIpc) is 2.59. The Hall–Kier alpha value is -1.42. The molecule has 2 aromatic heterocycles. The van der Waals surface area contributed by atoms with Crippen molar-refractivity contribution in [3.63, 3.8) is 0 Å². The first-order chi connectivity index (χ1) is 7.88. The number of hydrogen-bond donors (Lipinski definition) is 1. The molecule has 16 heavy (non-hydrogen) atoms. The van der Waals surface area contributed by atoms with E-state index in [0.29, 0.717) is 12.5 Å². The van der Waals surface area contributed by atoms with Gasteiger partial charge in [0.2, 0.25) is 0 Å². The number of nitrogens with zero attached hydrogens (tertiary/aromatic N) is 3. The summed E-state index contributed by atoms with van der Waals surface area (Å²) in [4.78, 5) is 4.51. The molecule has 2 heterocycles. The Morgan fingerprint density at radius 1 is 1.38 bits per heavy atom. The van der Waals surface area contributed by atoms with Gasteiger partial charge in [0.1, 0.15) is 0 Å². The monoisotopic (exact) mass is 216 g/mol. The molecule has 2 N–H and O–H groups in total. The average molecular weight is 216 g/mol. The van der Waals surface area contributed by atoms with E-state index in [2.05, 4.69) is 16.3 Å². The van der Waals surface area contributed by atoms with Crippen molar-refractivity contribution in [3.05, 3.63) is 29.7 Å². The highest BCUT2D eigenvalue weighted by Gasteiger charge is 2.20. The largest absolute Gasteiger partial charge is 0.330 e. The van der Waals surface area contributed by atoms with Gasteiger partial charge in [-0.3, -0.25) is 0 Å². The van der Waals surface area contributed by atoms with Gasteiger partial charge in [-0.2, -0.15) is 5.10 Å². The third-order valence-corrected chi connectivity index (χ3v) is 3.44. The maximum atomic E-state index is 5.55. The summed E-state index contributed by atoms with van der Waals surface area (Å²) in [6, 6.07) is 0. The summed E-state index contributed by atoms with van der Waals surface area (Å²) in [5.41, 5.74) is 8.97. The molecule has 1 aliphatic rings. The Balaban J connectivity index is 1.99. The molecule has 3 rings (SSSR count). The van der Waals surface area contributed by atoms with Crippen molar-refractivity contribution in [2.45, 2.75) is 31.6 Å². The molecule has 2 aromatic rings. The second kappa shape index (κ2) is 3.87. The van der Waals surface area contributed by atoms with Crippen LogP contribution in [0.15, 0.2) is 18.6 Å². The Kier molecular flexibility index (Phi) is 2.36. The van der Waals surface area contributed by atoms with Crippen molar-refractivity contribution in [2.24, 2.45) is 5.73 Å². The van der Waals surface area contributed by atoms with Crippen LogP contribution in [-0.2, 0) is 6.42 Å². The van der Waals surface area contributed by atoms with Crippen LogP contribution < -0.4 is 5.73 Å². The SMILES string of the molecule is NCCc1cnn2cc(C3CCC3)cnc12. The number of aromatic nitrogens is 3. The van der Waals surface area contributed by atoms with Crippen LogP contribution in [0, 0.1) is 0 Å². The molecule has 0 aromatic carbocycles. The zero-order chi connectivity index (χ0) is 11.0. The maximum Gasteiger partial charge on any atom is 0.158 e. The highest BCUT2D eigenvalue weighted by atomic mass is 15.2. The van der Waals surface area contributed by atoms with E-state index in [1.54, 1.807) is 0 Å². The molecule has 0 unspecified atom stereocenters. The van der Waals surface area contributed by atoms with Gasteiger partial charge in [0.05, 0.1) is 6.20 Å². The first-order valence-electron chi connectivity index (χ1n) is 5.90. The molecule has 4 heteroatoms. The quantitative estimate of drug-likeness (QED) is 0.845. The third kappa shape index (κ3) is 1.50. The van der Waals surface area contributed by atoms with E-state index in [0.717, 1.165) is 17.6 Å². The topological polar surface area (TPSA) is 56.2 Å². The lowest BCUT2D eigenvalue weighted by molar-refractivity contribution is 0.417. The molecular weight excluding hydrogens is 200 g/mol. The molecule has 0 radical (unpaired) electrons. The van der Waals surface area contributed by atoms with Crippen LogP contribution in [0.4, 0.5) is 0 Å². The molecule has 1 aliphatic carbocycles. The van der Waals surface area contributed by atoms with Crippen molar-refractivity contribution >= 4 is 5.65 Å². The van der Waals surface area contributed by atoms with Gasteiger partial charge in [-0.05, 0) is 37.3 Å². The normalized spacial score (nSPS) is 16.6. The summed E-state index contributed by atoms with van der Waals surface area (Å²) in [6.45, 7) is 0.646. The van der Waals surface area contributed by atoms with Gasteiger partial charge in [0, 0.05) is 18.0 Å². The number of nitrogens with two attached hydrogens (primary N) is 1. The molecular formula is C12H16N4. The van der Waals surface area contributed by atoms with Crippen molar-refractivity contribution in [2.75, 3.05) is 6.54 Å². The van der Waals surface area contributed by atoms with E-state index in [-0.39, 0.29) is 0 Å². The molecule has 1 fully saturated rings. The zero-order valence-corrected chi connectivity index (χ0v) is 9.26. The van der Waals surface area contributed by atoms with Gasteiger partial charge in [0.25, 0.3) is 0 Å². The fraction of sp³-hybridized carbons (Fsp3) is 0.500. The van der Waals surface area contributed by atoms with Gasteiger partial charge in [-0.25, -0.2) is 9.50 Å². The lowest BCUT2D eigenvalue weighted by Gasteiger charge is -2.25. The van der Waals surface area contributed by atoms with Crippen LogP contribution >= 0.6 is 0 Å². The number of rotatable bonds is 3. The maximum absolute atomic E-state index is 5.55. The first kappa shape index (κ1) is 9.78. The van der Waals surface area contributed by atoms with E-state index in [1.165, 1.54) is 24.8 Å². The predicted molar refractivity (Wildman–Crippen MR) is 62.3 cm³/mol. The van der Waals surface area contributed by atoms with Gasteiger partial charge in [-0.1, -0.05) is 6.42 Å². The van der Waals surface area contributed by atoms with Crippen LogP contribution in [0.3, 0.4) is 0 Å². The van der Waals surface area contributed by atoms with Crippen LogP contribution in [0.1, 0.15) is 36.3 Å². The third-order valence-electron chi connectivity index (χ3n) is 3.44. The molecule has 0 spiro atoms. The molecule has 0 bridgehead atoms. The van der Waals surface area contributed by atoms with Gasteiger partial charge >= 0.3 is 0 Å². The van der Waals surface area contributed by atoms with E-state index < -0.39 is 0 Å². The predicted octanol–water partition coefficient (Wildman–Crippen LogP) is 1.50. The van der Waals surface area contributed by atoms with E-state index >= 15 is 0 Å². The van der Waals surface area contributed by atoms with Crippen LogP contribution in [0.2, 0.25) is 0 Å². The Morgan fingerprint density at radius 2 is 2.25 bits per heavy atom. The van der Waals surface area contributed by atoms with Crippen molar-refractivity contribution < 1.29 is 0 Å². The summed E-state index contributed by atoms with van der Waals surface area (Å²) in [5.74, 6) is 0.707. The molecule has 0 saturated heterocycles. The Labute approximate surface area is 94.5 Å². The van der Waals surface area contributed by atoms with Gasteiger partial charge in [-0.15, -0.1) is 0 Å². The smallest absolute Gasteiger partial charge is 0.158 e. The number of hydrogen-bond acceptors (Lipinski definition) is 3. The van der Waals surface area contributed by atoms with Gasteiger partial charge in [0.15, 0.2) is 5.65 Å². The van der Waals surface area contributed by atoms with Crippen LogP contribution in [-0.4, -0.2) is 21.1 Å². The minimum absolute atomic E-state index is 0.646. The summed E-state index contributed by atoms with van der Waals surface area (Å²) < 4.78 is 1.89. The zero-order valence-electron chi connectivity index (χ0n) is 9.26. The molecule has 1 saturated carbocycles. The summed E-state index contributed by atoms with van der Waals surface area (Å²) in [7, 11) is 0. The second-order valence-electron chi connectivity index (χ2n) is 4.49. The highest BCUT2D eigenvalue weighted by Crippen LogP contribution is 2.35. The minimum atomic E-state index is 0.646. The van der Waals surface area contributed by atoms with Crippen molar-refractivity contribution in [1.82, 2.24) is 14.6 Å². The molecule has 84 valence electrons. The molecule has 0 aliphatic heterocycles. The molecule has 0 amide bonds. The summed E-state index contributed by atoms with van der Waals surface area (Å²) in [5, 5.41) is 4.34. The number of fused-ring (bicyclic) bond motifs is 1. The highest BCUT2D eigenvalue weighted by molar-refractivity contribution is 5.46.